The topological polar surface area (TPSA) is 70.0 Å². The van der Waals surface area contributed by atoms with Crippen LogP contribution in [0.15, 0.2) is 51.8 Å². The molecule has 0 aliphatic carbocycles. The van der Waals surface area contributed by atoms with Gasteiger partial charge in [0.25, 0.3) is 10.0 Å². The zero-order valence-electron chi connectivity index (χ0n) is 11.3. The third-order valence-electron chi connectivity index (χ3n) is 2.93. The molecule has 1 N–H and O–H groups in total. The van der Waals surface area contributed by atoms with Crippen molar-refractivity contribution in [3.63, 3.8) is 0 Å². The van der Waals surface area contributed by atoms with Crippen molar-refractivity contribution in [1.29, 1.82) is 5.26 Å². The Labute approximate surface area is 132 Å². The normalized spacial score (nSPS) is 10.9. The molecule has 2 rings (SSSR count). The summed E-state index contributed by atoms with van der Waals surface area (Å²) in [6.07, 6.45) is 0.303. The van der Waals surface area contributed by atoms with Crippen molar-refractivity contribution in [2.45, 2.75) is 18.2 Å². The van der Waals surface area contributed by atoms with Crippen LogP contribution in [0.3, 0.4) is 0 Å². The van der Waals surface area contributed by atoms with Gasteiger partial charge in [-0.2, -0.15) is 5.26 Å². The monoisotopic (exact) mass is 364 g/mol. The van der Waals surface area contributed by atoms with Crippen molar-refractivity contribution in [2.24, 2.45) is 0 Å². The number of anilines is 1. The van der Waals surface area contributed by atoms with Gasteiger partial charge in [-0.25, -0.2) is 8.42 Å². The molecule has 0 amide bonds. The van der Waals surface area contributed by atoms with Crippen molar-refractivity contribution in [1.82, 2.24) is 0 Å². The fourth-order valence-corrected chi connectivity index (χ4v) is 3.70. The summed E-state index contributed by atoms with van der Waals surface area (Å²) in [5.41, 5.74) is 1.99. The number of hydrogen-bond acceptors (Lipinski definition) is 3. The fourth-order valence-electron chi connectivity index (χ4n) is 1.86. The molecule has 0 aliphatic heterocycles. The Bertz CT molecular complexity index is 793. The van der Waals surface area contributed by atoms with Gasteiger partial charge in [0.2, 0.25) is 0 Å². The van der Waals surface area contributed by atoms with E-state index in [0.29, 0.717) is 22.1 Å². The van der Waals surface area contributed by atoms with Crippen LogP contribution in [0.5, 0.6) is 0 Å². The van der Waals surface area contributed by atoms with E-state index in [1.807, 2.05) is 6.07 Å². The first-order valence-electron chi connectivity index (χ1n) is 6.17. The van der Waals surface area contributed by atoms with E-state index in [1.54, 1.807) is 49.4 Å². The number of sulfonamides is 1. The van der Waals surface area contributed by atoms with Crippen LogP contribution in [0, 0.1) is 18.3 Å². The number of halogens is 1. The lowest BCUT2D eigenvalue weighted by Crippen LogP contribution is -2.14. The SMILES string of the molecule is Cc1ccc(Br)cc1S(=O)(=O)Nc1ccc(CC#N)cc1. The molecular weight excluding hydrogens is 352 g/mol. The van der Waals surface area contributed by atoms with Crippen molar-refractivity contribution >= 4 is 31.6 Å². The Morgan fingerprint density at radius 1 is 1.19 bits per heavy atom. The number of nitrogens with zero attached hydrogens (tertiary/aromatic N) is 1. The highest BCUT2D eigenvalue weighted by atomic mass is 79.9. The predicted octanol–water partition coefficient (Wildman–Crippen LogP) is 3.62. The number of aryl methyl sites for hydroxylation is 1. The lowest BCUT2D eigenvalue weighted by Gasteiger charge is -2.11. The maximum Gasteiger partial charge on any atom is 0.262 e. The molecule has 0 saturated heterocycles. The fraction of sp³-hybridized carbons (Fsp3) is 0.133. The Kier molecular flexibility index (Phi) is 4.66. The third kappa shape index (κ3) is 3.84. The van der Waals surface area contributed by atoms with E-state index in [9.17, 15) is 8.42 Å². The number of nitrogens with one attached hydrogen (secondary N) is 1. The third-order valence-corrected chi connectivity index (χ3v) is 4.95. The smallest absolute Gasteiger partial charge is 0.262 e. The van der Waals surface area contributed by atoms with E-state index in [4.69, 9.17) is 5.26 Å². The summed E-state index contributed by atoms with van der Waals surface area (Å²) in [7, 11) is -3.64. The molecule has 6 heteroatoms. The summed E-state index contributed by atoms with van der Waals surface area (Å²) in [4.78, 5) is 0.234. The van der Waals surface area contributed by atoms with Crippen LogP contribution >= 0.6 is 15.9 Å². The number of rotatable bonds is 4. The van der Waals surface area contributed by atoms with E-state index < -0.39 is 10.0 Å². The van der Waals surface area contributed by atoms with E-state index in [1.165, 1.54) is 0 Å². The van der Waals surface area contributed by atoms with Crippen molar-refractivity contribution in [3.8, 4) is 6.07 Å². The van der Waals surface area contributed by atoms with Gasteiger partial charge in [0, 0.05) is 10.2 Å². The average Bonchev–Trinajstić information content (AvgIpc) is 2.43. The molecule has 0 heterocycles. The van der Waals surface area contributed by atoms with Gasteiger partial charge < -0.3 is 0 Å². The Balaban J connectivity index is 2.29. The lowest BCUT2D eigenvalue weighted by molar-refractivity contribution is 0.600. The van der Waals surface area contributed by atoms with Crippen LogP contribution < -0.4 is 4.72 Å². The van der Waals surface area contributed by atoms with Gasteiger partial charge in [-0.1, -0.05) is 34.1 Å². The van der Waals surface area contributed by atoms with Gasteiger partial charge in [-0.05, 0) is 42.3 Å². The predicted molar refractivity (Wildman–Crippen MR) is 85.4 cm³/mol. The maximum atomic E-state index is 12.4. The molecule has 0 aromatic heterocycles. The summed E-state index contributed by atoms with van der Waals surface area (Å²) >= 11 is 3.28. The molecule has 0 saturated carbocycles. The highest BCUT2D eigenvalue weighted by Crippen LogP contribution is 2.23. The summed E-state index contributed by atoms with van der Waals surface area (Å²) in [6.45, 7) is 1.75. The largest absolute Gasteiger partial charge is 0.280 e. The second-order valence-electron chi connectivity index (χ2n) is 4.55. The van der Waals surface area contributed by atoms with Crippen LogP contribution in [0.2, 0.25) is 0 Å². The number of benzene rings is 2. The van der Waals surface area contributed by atoms with Crippen LogP contribution in [0.25, 0.3) is 0 Å². The second kappa shape index (κ2) is 6.29. The van der Waals surface area contributed by atoms with E-state index in [0.717, 1.165) is 5.56 Å². The first-order chi connectivity index (χ1) is 9.92. The van der Waals surface area contributed by atoms with Crippen LogP contribution in [0.1, 0.15) is 11.1 Å². The summed E-state index contributed by atoms with van der Waals surface area (Å²) in [5, 5.41) is 8.61. The first kappa shape index (κ1) is 15.5. The zero-order valence-corrected chi connectivity index (χ0v) is 13.7. The quantitative estimate of drug-likeness (QED) is 0.900. The van der Waals surface area contributed by atoms with Gasteiger partial charge in [0.05, 0.1) is 17.4 Å². The van der Waals surface area contributed by atoms with Gasteiger partial charge >= 0.3 is 0 Å². The molecule has 21 heavy (non-hydrogen) atoms. The van der Waals surface area contributed by atoms with Gasteiger partial charge in [-0.3, -0.25) is 4.72 Å². The van der Waals surface area contributed by atoms with Gasteiger partial charge in [0.1, 0.15) is 0 Å². The van der Waals surface area contributed by atoms with Crippen LogP contribution in [-0.2, 0) is 16.4 Å². The first-order valence-corrected chi connectivity index (χ1v) is 8.45. The van der Waals surface area contributed by atoms with Crippen molar-refractivity contribution in [3.05, 3.63) is 58.1 Å². The molecular formula is C15H13BrN2O2S. The molecule has 4 nitrogen and oxygen atoms in total. The van der Waals surface area contributed by atoms with E-state index in [2.05, 4.69) is 20.7 Å². The molecule has 0 bridgehead atoms. The van der Waals surface area contributed by atoms with Gasteiger partial charge in [0.15, 0.2) is 0 Å². The van der Waals surface area contributed by atoms with Crippen LogP contribution in [-0.4, -0.2) is 8.42 Å². The van der Waals surface area contributed by atoms with E-state index >= 15 is 0 Å². The molecule has 0 fully saturated rings. The zero-order chi connectivity index (χ0) is 15.5. The van der Waals surface area contributed by atoms with E-state index in [-0.39, 0.29) is 4.90 Å². The maximum absolute atomic E-state index is 12.4. The standard InChI is InChI=1S/C15H13BrN2O2S/c1-11-2-5-13(16)10-15(11)21(19,20)18-14-6-3-12(4-7-14)8-9-17/h2-7,10,18H,8H2,1H3. The highest BCUT2D eigenvalue weighted by molar-refractivity contribution is 9.10. The second-order valence-corrected chi connectivity index (χ2v) is 7.11. The highest BCUT2D eigenvalue weighted by Gasteiger charge is 2.17. The number of hydrogen-bond donors (Lipinski definition) is 1. The molecule has 2 aromatic carbocycles. The average molecular weight is 365 g/mol. The minimum atomic E-state index is -3.64. The van der Waals surface area contributed by atoms with Crippen LogP contribution in [0.4, 0.5) is 5.69 Å². The molecule has 108 valence electrons. The molecule has 2 aromatic rings. The van der Waals surface area contributed by atoms with Crippen molar-refractivity contribution in [2.75, 3.05) is 4.72 Å². The Morgan fingerprint density at radius 3 is 2.48 bits per heavy atom. The lowest BCUT2D eigenvalue weighted by atomic mass is 10.1. The molecule has 0 atom stereocenters. The Morgan fingerprint density at radius 2 is 1.86 bits per heavy atom. The number of nitriles is 1. The molecule has 0 unspecified atom stereocenters. The summed E-state index contributed by atoms with van der Waals surface area (Å²) in [5.74, 6) is 0. The minimum Gasteiger partial charge on any atom is -0.280 e. The minimum absolute atomic E-state index is 0.234. The molecule has 0 radical (unpaired) electrons. The van der Waals surface area contributed by atoms with Crippen molar-refractivity contribution < 1.29 is 8.42 Å². The Hall–Kier alpha value is -1.84. The molecule has 0 aliphatic rings. The summed E-state index contributed by atoms with van der Waals surface area (Å²) < 4.78 is 28.0. The summed E-state index contributed by atoms with van der Waals surface area (Å²) in [6, 6.07) is 13.9. The van der Waals surface area contributed by atoms with Gasteiger partial charge in [-0.15, -0.1) is 0 Å². The molecule has 0 spiro atoms.